The summed E-state index contributed by atoms with van der Waals surface area (Å²) >= 11 is 0. The number of nitrogens with zero attached hydrogens (tertiary/aromatic N) is 7. The molecule has 4 rings (SSSR count). The number of hydrogen-bond acceptors (Lipinski definition) is 6. The first-order chi connectivity index (χ1) is 14.6. The summed E-state index contributed by atoms with van der Waals surface area (Å²) in [5.74, 6) is 1.58. The topological polar surface area (TPSA) is 84.9 Å². The number of hydrogen-bond donors (Lipinski definition) is 1. The van der Waals surface area contributed by atoms with E-state index >= 15 is 0 Å². The molecule has 0 amide bonds. The molecule has 0 saturated heterocycles. The van der Waals surface area contributed by atoms with Crippen molar-refractivity contribution in [1.82, 2.24) is 34.4 Å². The molecule has 4 aromatic rings. The molecule has 0 saturated carbocycles. The van der Waals surface area contributed by atoms with E-state index < -0.39 is 0 Å². The fraction of sp³-hybridized carbons (Fsp3) is 0.273. The molecule has 1 N–H and O–H groups in total. The Bertz CT molecular complexity index is 1000. The fourth-order valence-electron chi connectivity index (χ4n) is 3.47. The van der Waals surface area contributed by atoms with Crippen molar-refractivity contribution in [3.05, 3.63) is 83.7 Å². The van der Waals surface area contributed by atoms with Crippen LogP contribution in [-0.4, -0.2) is 52.7 Å². The second kappa shape index (κ2) is 8.98. The maximum Gasteiger partial charge on any atom is 0.153 e. The van der Waals surface area contributed by atoms with Crippen LogP contribution in [0.25, 0.3) is 11.6 Å². The molecule has 0 radical (unpaired) electrons. The van der Waals surface area contributed by atoms with Crippen LogP contribution in [0.3, 0.4) is 0 Å². The molecule has 0 fully saturated rings. The van der Waals surface area contributed by atoms with E-state index in [-0.39, 0.29) is 6.61 Å². The van der Waals surface area contributed by atoms with Crippen LogP contribution < -0.4 is 0 Å². The molecule has 30 heavy (non-hydrogen) atoms. The average Bonchev–Trinajstić information content (AvgIpc) is 3.31. The first kappa shape index (κ1) is 19.9. The van der Waals surface area contributed by atoms with Gasteiger partial charge in [0.15, 0.2) is 11.6 Å². The minimum atomic E-state index is 0.0693. The first-order valence-electron chi connectivity index (χ1n) is 9.91. The molecule has 0 spiro atoms. The molecule has 0 aliphatic carbocycles. The molecule has 8 nitrogen and oxygen atoms in total. The summed E-state index contributed by atoms with van der Waals surface area (Å²) in [5, 5.41) is 19.0. The third kappa shape index (κ3) is 4.45. The lowest BCUT2D eigenvalue weighted by Crippen LogP contribution is -2.26. The molecule has 0 aliphatic heterocycles. The quantitative estimate of drug-likeness (QED) is 0.486. The van der Waals surface area contributed by atoms with Crippen LogP contribution in [0.1, 0.15) is 22.8 Å². The molecule has 0 aromatic carbocycles. The molecule has 8 heteroatoms. The Morgan fingerprint density at radius 1 is 0.800 bits per heavy atom. The lowest BCUT2D eigenvalue weighted by Gasteiger charge is -2.18. The number of aryl methyl sites for hydroxylation is 2. The Hall–Kier alpha value is -3.36. The van der Waals surface area contributed by atoms with Gasteiger partial charge in [0.2, 0.25) is 0 Å². The molecular formula is C22H25N7O. The van der Waals surface area contributed by atoms with Gasteiger partial charge in [0.1, 0.15) is 0 Å². The van der Waals surface area contributed by atoms with Crippen molar-refractivity contribution >= 4 is 0 Å². The average molecular weight is 403 g/mol. The molecule has 0 aliphatic rings. The van der Waals surface area contributed by atoms with Gasteiger partial charge >= 0.3 is 0 Å². The van der Waals surface area contributed by atoms with Crippen LogP contribution in [0, 0.1) is 13.8 Å². The van der Waals surface area contributed by atoms with Crippen molar-refractivity contribution in [2.24, 2.45) is 0 Å². The van der Waals surface area contributed by atoms with Crippen LogP contribution in [0.4, 0.5) is 0 Å². The number of aliphatic hydroxyl groups is 1. The highest BCUT2D eigenvalue weighted by Crippen LogP contribution is 2.15. The van der Waals surface area contributed by atoms with Gasteiger partial charge in [-0.2, -0.15) is 10.2 Å². The van der Waals surface area contributed by atoms with E-state index in [2.05, 4.69) is 27.0 Å². The van der Waals surface area contributed by atoms with Crippen molar-refractivity contribution in [2.45, 2.75) is 26.9 Å². The van der Waals surface area contributed by atoms with Gasteiger partial charge in [-0.1, -0.05) is 12.1 Å². The Balaban J connectivity index is 1.52. The van der Waals surface area contributed by atoms with Gasteiger partial charge in [-0.15, -0.1) is 0 Å². The predicted molar refractivity (Wildman–Crippen MR) is 113 cm³/mol. The molecule has 0 unspecified atom stereocenters. The summed E-state index contributed by atoms with van der Waals surface area (Å²) in [5.41, 5.74) is 3.88. The Kier molecular flexibility index (Phi) is 5.97. The van der Waals surface area contributed by atoms with Gasteiger partial charge in [0, 0.05) is 43.4 Å². The summed E-state index contributed by atoms with van der Waals surface area (Å²) in [6.07, 6.45) is 3.52. The van der Waals surface area contributed by atoms with E-state index in [9.17, 15) is 5.11 Å². The monoisotopic (exact) mass is 403 g/mol. The maximum absolute atomic E-state index is 9.56. The highest BCUT2D eigenvalue weighted by Gasteiger charge is 2.15. The molecular weight excluding hydrogens is 378 g/mol. The molecule has 4 heterocycles. The van der Waals surface area contributed by atoms with E-state index in [1.807, 2.05) is 59.6 Å². The Morgan fingerprint density at radius 3 is 1.70 bits per heavy atom. The Labute approximate surface area is 175 Å². The van der Waals surface area contributed by atoms with Crippen molar-refractivity contribution in [3.63, 3.8) is 0 Å². The molecule has 4 aromatic heterocycles. The molecule has 154 valence electrons. The van der Waals surface area contributed by atoms with Gasteiger partial charge in [-0.25, -0.2) is 19.3 Å². The summed E-state index contributed by atoms with van der Waals surface area (Å²) in [4.78, 5) is 10.9. The fourth-order valence-corrected chi connectivity index (χ4v) is 3.47. The van der Waals surface area contributed by atoms with Gasteiger partial charge < -0.3 is 5.11 Å². The molecule has 0 bridgehead atoms. The first-order valence-corrected chi connectivity index (χ1v) is 9.91. The maximum atomic E-state index is 9.56. The zero-order valence-electron chi connectivity index (χ0n) is 17.2. The summed E-state index contributed by atoms with van der Waals surface area (Å²) in [6.45, 7) is 5.84. The van der Waals surface area contributed by atoms with Crippen molar-refractivity contribution in [1.29, 1.82) is 0 Å². The zero-order chi connectivity index (χ0) is 20.9. The van der Waals surface area contributed by atoms with E-state index in [4.69, 9.17) is 10.2 Å². The predicted octanol–water partition coefficient (Wildman–Crippen LogP) is 2.46. The minimum Gasteiger partial charge on any atom is -0.395 e. The number of aliphatic hydroxyl groups excluding tert-OH is 1. The lowest BCUT2D eigenvalue weighted by molar-refractivity contribution is 0.181. The van der Waals surface area contributed by atoms with E-state index in [0.29, 0.717) is 19.6 Å². The molecule has 0 atom stereocenters. The standard InChI is InChI=1S/C22H25N7O/c1-17-13-19(25-28(17)21-7-3-5-9-23-21)15-27(11-12-30)16-20-14-18(2)29(26-20)22-8-4-6-10-24-22/h3-10,13-14,30H,11-12,15-16H2,1-2H3. The zero-order valence-corrected chi connectivity index (χ0v) is 17.2. The smallest absolute Gasteiger partial charge is 0.153 e. The van der Waals surface area contributed by atoms with Gasteiger partial charge in [-0.3, -0.25) is 4.90 Å². The van der Waals surface area contributed by atoms with Gasteiger partial charge in [0.25, 0.3) is 0 Å². The second-order valence-corrected chi connectivity index (χ2v) is 7.19. The summed E-state index contributed by atoms with van der Waals surface area (Å²) in [6, 6.07) is 15.6. The lowest BCUT2D eigenvalue weighted by atomic mass is 10.3. The van der Waals surface area contributed by atoms with E-state index in [0.717, 1.165) is 34.4 Å². The summed E-state index contributed by atoms with van der Waals surface area (Å²) in [7, 11) is 0. The van der Waals surface area contributed by atoms with Crippen molar-refractivity contribution in [3.8, 4) is 11.6 Å². The Morgan fingerprint density at radius 2 is 1.30 bits per heavy atom. The number of pyridine rings is 2. The van der Waals surface area contributed by atoms with Gasteiger partial charge in [0.05, 0.1) is 18.0 Å². The normalized spacial score (nSPS) is 11.3. The van der Waals surface area contributed by atoms with Crippen LogP contribution in [-0.2, 0) is 13.1 Å². The van der Waals surface area contributed by atoms with Crippen molar-refractivity contribution < 1.29 is 5.11 Å². The van der Waals surface area contributed by atoms with Crippen LogP contribution in [0.5, 0.6) is 0 Å². The third-order valence-electron chi connectivity index (χ3n) is 4.80. The second-order valence-electron chi connectivity index (χ2n) is 7.19. The van der Waals surface area contributed by atoms with E-state index in [1.54, 1.807) is 12.4 Å². The number of rotatable bonds is 8. The van der Waals surface area contributed by atoms with Crippen molar-refractivity contribution in [2.75, 3.05) is 13.2 Å². The highest BCUT2D eigenvalue weighted by molar-refractivity contribution is 5.26. The SMILES string of the molecule is Cc1cc(CN(CCO)Cc2cc(C)n(-c3ccccn3)n2)nn1-c1ccccn1. The highest BCUT2D eigenvalue weighted by atomic mass is 16.3. The van der Waals surface area contributed by atoms with Crippen LogP contribution in [0.15, 0.2) is 60.9 Å². The minimum absolute atomic E-state index is 0.0693. The third-order valence-corrected chi connectivity index (χ3v) is 4.80. The van der Waals surface area contributed by atoms with Crippen LogP contribution in [0.2, 0.25) is 0 Å². The summed E-state index contributed by atoms with van der Waals surface area (Å²) < 4.78 is 3.68. The number of aromatic nitrogens is 6. The largest absolute Gasteiger partial charge is 0.395 e. The van der Waals surface area contributed by atoms with E-state index in [1.165, 1.54) is 0 Å². The van der Waals surface area contributed by atoms with Crippen LogP contribution >= 0.6 is 0 Å². The van der Waals surface area contributed by atoms with Gasteiger partial charge in [-0.05, 0) is 50.2 Å².